The number of rotatable bonds is 5. The molecule has 1 amide bonds. The maximum absolute atomic E-state index is 12.2. The third kappa shape index (κ3) is 2.51. The van der Waals surface area contributed by atoms with Crippen LogP contribution in [-0.2, 0) is 16.0 Å². The number of hydrogen-bond donors (Lipinski definition) is 1. The van der Waals surface area contributed by atoms with Crippen LogP contribution in [0.2, 0.25) is 0 Å². The first kappa shape index (κ1) is 12.5. The summed E-state index contributed by atoms with van der Waals surface area (Å²) < 4.78 is 5.13. The van der Waals surface area contributed by atoms with Crippen molar-refractivity contribution in [3.05, 3.63) is 22.4 Å². The molecule has 2 rings (SSSR count). The highest BCUT2D eigenvalue weighted by Gasteiger charge is 2.46. The lowest BCUT2D eigenvalue weighted by Gasteiger charge is -2.41. The quantitative estimate of drug-likeness (QED) is 0.842. The van der Waals surface area contributed by atoms with Crippen LogP contribution in [0.4, 0.5) is 0 Å². The summed E-state index contributed by atoms with van der Waals surface area (Å²) in [6.45, 7) is 2.04. The Balaban J connectivity index is 1.87. The van der Waals surface area contributed by atoms with Crippen LogP contribution in [-0.4, -0.2) is 44.2 Å². The summed E-state index contributed by atoms with van der Waals surface area (Å²) in [5.41, 5.74) is 5.22. The van der Waals surface area contributed by atoms with E-state index in [1.165, 1.54) is 4.88 Å². The zero-order valence-electron chi connectivity index (χ0n) is 10.0. The fourth-order valence-electron chi connectivity index (χ4n) is 1.92. The van der Waals surface area contributed by atoms with E-state index in [0.29, 0.717) is 19.8 Å². The van der Waals surface area contributed by atoms with Gasteiger partial charge in [-0.2, -0.15) is 0 Å². The summed E-state index contributed by atoms with van der Waals surface area (Å²) in [5.74, 6) is 0.114. The predicted octanol–water partition coefficient (Wildman–Crippen LogP) is 0.724. The Kier molecular flexibility index (Phi) is 3.81. The monoisotopic (exact) mass is 254 g/mol. The highest BCUT2D eigenvalue weighted by atomic mass is 32.1. The maximum Gasteiger partial charge on any atom is 0.234 e. The number of nitrogens with zero attached hydrogens (tertiary/aromatic N) is 1. The molecule has 17 heavy (non-hydrogen) atoms. The second kappa shape index (κ2) is 5.16. The summed E-state index contributed by atoms with van der Waals surface area (Å²) in [4.78, 5) is 15.3. The highest BCUT2D eigenvalue weighted by Crippen LogP contribution is 2.28. The average Bonchev–Trinajstić information content (AvgIpc) is 2.77. The minimum atomic E-state index is -0.454. The fraction of sp³-hybridized carbons (Fsp3) is 0.583. The Bertz CT molecular complexity index is 368. The van der Waals surface area contributed by atoms with E-state index in [1.807, 2.05) is 13.1 Å². The van der Waals surface area contributed by atoms with Gasteiger partial charge in [0.2, 0.25) is 5.91 Å². The third-order valence-corrected chi connectivity index (χ3v) is 4.16. The average molecular weight is 254 g/mol. The van der Waals surface area contributed by atoms with Crippen LogP contribution >= 0.6 is 11.3 Å². The molecule has 1 aliphatic heterocycles. The van der Waals surface area contributed by atoms with Crippen molar-refractivity contribution in [1.82, 2.24) is 4.90 Å². The lowest BCUT2D eigenvalue weighted by molar-refractivity contribution is -0.169. The van der Waals surface area contributed by atoms with Gasteiger partial charge in [-0.15, -0.1) is 11.3 Å². The number of likely N-dealkylation sites (N-methyl/N-ethyl adjacent to an activating group) is 1. The molecule has 0 spiro atoms. The van der Waals surface area contributed by atoms with Gasteiger partial charge in [-0.3, -0.25) is 4.79 Å². The number of carbonyl (C=O) groups is 1. The molecule has 2 N–H and O–H groups in total. The van der Waals surface area contributed by atoms with E-state index in [4.69, 9.17) is 10.5 Å². The van der Waals surface area contributed by atoms with Crippen molar-refractivity contribution in [3.63, 3.8) is 0 Å². The lowest BCUT2D eigenvalue weighted by Crippen LogP contribution is -2.58. The highest BCUT2D eigenvalue weighted by molar-refractivity contribution is 7.09. The standard InChI is InChI=1S/C12H18N2O2S/c1-14(5-4-10-3-2-6-17-10)11(15)12(7-13)8-16-9-12/h2-3,6H,4-5,7-9,13H2,1H3. The lowest BCUT2D eigenvalue weighted by atomic mass is 9.84. The molecule has 0 aromatic carbocycles. The van der Waals surface area contributed by atoms with Gasteiger partial charge in [-0.25, -0.2) is 0 Å². The van der Waals surface area contributed by atoms with Gasteiger partial charge in [0.15, 0.2) is 0 Å². The Hall–Kier alpha value is -0.910. The van der Waals surface area contributed by atoms with E-state index in [9.17, 15) is 4.79 Å². The number of carbonyl (C=O) groups excluding carboxylic acids is 1. The van der Waals surface area contributed by atoms with Crippen molar-refractivity contribution < 1.29 is 9.53 Å². The molecule has 4 nitrogen and oxygen atoms in total. The zero-order valence-corrected chi connectivity index (χ0v) is 10.8. The molecular weight excluding hydrogens is 236 g/mol. The number of thiophene rings is 1. The number of ether oxygens (including phenoxy) is 1. The van der Waals surface area contributed by atoms with Gasteiger partial charge in [0.1, 0.15) is 5.41 Å². The molecule has 0 atom stereocenters. The molecule has 1 aromatic heterocycles. The van der Waals surface area contributed by atoms with Crippen LogP contribution in [0.15, 0.2) is 17.5 Å². The largest absolute Gasteiger partial charge is 0.379 e. The molecule has 1 aromatic rings. The minimum absolute atomic E-state index is 0.114. The first-order valence-corrected chi connectivity index (χ1v) is 6.62. The van der Waals surface area contributed by atoms with Crippen LogP contribution in [0.3, 0.4) is 0 Å². The van der Waals surface area contributed by atoms with E-state index >= 15 is 0 Å². The number of hydrogen-bond acceptors (Lipinski definition) is 4. The van der Waals surface area contributed by atoms with Crippen molar-refractivity contribution in [2.75, 3.05) is 33.4 Å². The molecule has 0 bridgehead atoms. The van der Waals surface area contributed by atoms with E-state index in [2.05, 4.69) is 11.4 Å². The van der Waals surface area contributed by atoms with Gasteiger partial charge in [0.05, 0.1) is 13.2 Å². The van der Waals surface area contributed by atoms with Crippen LogP contribution in [0.5, 0.6) is 0 Å². The van der Waals surface area contributed by atoms with Crippen molar-refractivity contribution in [3.8, 4) is 0 Å². The molecule has 1 fully saturated rings. The topological polar surface area (TPSA) is 55.6 Å². The fourth-order valence-corrected chi connectivity index (χ4v) is 2.61. The molecule has 0 unspecified atom stereocenters. The molecule has 1 saturated heterocycles. The molecule has 94 valence electrons. The summed E-state index contributed by atoms with van der Waals surface area (Å²) >= 11 is 1.72. The molecule has 0 radical (unpaired) electrons. The van der Waals surface area contributed by atoms with Gasteiger partial charge in [-0.1, -0.05) is 6.07 Å². The van der Waals surface area contributed by atoms with Crippen molar-refractivity contribution in [2.24, 2.45) is 11.1 Å². The van der Waals surface area contributed by atoms with Gasteiger partial charge in [0, 0.05) is 25.0 Å². The summed E-state index contributed by atoms with van der Waals surface area (Å²) in [6, 6.07) is 4.12. The Morgan fingerprint density at radius 1 is 1.65 bits per heavy atom. The van der Waals surface area contributed by atoms with Crippen molar-refractivity contribution in [2.45, 2.75) is 6.42 Å². The molecule has 2 heterocycles. The molecule has 0 aliphatic carbocycles. The first-order chi connectivity index (χ1) is 8.18. The number of amides is 1. The summed E-state index contributed by atoms with van der Waals surface area (Å²) in [5, 5.41) is 2.05. The second-order valence-corrected chi connectivity index (χ2v) is 5.57. The van der Waals surface area contributed by atoms with Crippen molar-refractivity contribution in [1.29, 1.82) is 0 Å². The zero-order chi connectivity index (χ0) is 12.3. The van der Waals surface area contributed by atoms with Gasteiger partial charge in [-0.05, 0) is 17.9 Å². The smallest absolute Gasteiger partial charge is 0.234 e. The number of nitrogens with two attached hydrogens (primary N) is 1. The van der Waals surface area contributed by atoms with E-state index in [0.717, 1.165) is 13.0 Å². The van der Waals surface area contributed by atoms with E-state index in [-0.39, 0.29) is 5.91 Å². The normalized spacial score (nSPS) is 17.5. The van der Waals surface area contributed by atoms with Crippen LogP contribution < -0.4 is 5.73 Å². The Labute approximate surface area is 105 Å². The SMILES string of the molecule is CN(CCc1cccs1)C(=O)C1(CN)COC1. The maximum atomic E-state index is 12.2. The van der Waals surface area contributed by atoms with Gasteiger partial charge in [0.25, 0.3) is 0 Å². The summed E-state index contributed by atoms with van der Waals surface area (Å²) in [7, 11) is 1.84. The summed E-state index contributed by atoms with van der Waals surface area (Å²) in [6.07, 6.45) is 0.904. The van der Waals surface area contributed by atoms with Gasteiger partial charge >= 0.3 is 0 Å². The Morgan fingerprint density at radius 3 is 2.88 bits per heavy atom. The Morgan fingerprint density at radius 2 is 2.41 bits per heavy atom. The van der Waals surface area contributed by atoms with Crippen LogP contribution in [0.25, 0.3) is 0 Å². The third-order valence-electron chi connectivity index (χ3n) is 3.22. The molecule has 0 saturated carbocycles. The molecule has 1 aliphatic rings. The first-order valence-electron chi connectivity index (χ1n) is 5.74. The van der Waals surface area contributed by atoms with Gasteiger partial charge < -0.3 is 15.4 Å². The van der Waals surface area contributed by atoms with Crippen LogP contribution in [0, 0.1) is 5.41 Å². The van der Waals surface area contributed by atoms with E-state index < -0.39 is 5.41 Å². The second-order valence-electron chi connectivity index (χ2n) is 4.53. The molecule has 5 heteroatoms. The van der Waals surface area contributed by atoms with Crippen molar-refractivity contribution >= 4 is 17.2 Å². The van der Waals surface area contributed by atoms with E-state index in [1.54, 1.807) is 16.2 Å². The van der Waals surface area contributed by atoms with Crippen LogP contribution in [0.1, 0.15) is 4.88 Å². The molecular formula is C12H18N2O2S. The minimum Gasteiger partial charge on any atom is -0.379 e. The predicted molar refractivity (Wildman–Crippen MR) is 68.0 cm³/mol.